The molecule has 0 aliphatic heterocycles. The highest BCUT2D eigenvalue weighted by atomic mass is 32.2. The van der Waals surface area contributed by atoms with Gasteiger partial charge in [0.05, 0.1) is 11.3 Å². The lowest BCUT2D eigenvalue weighted by Crippen LogP contribution is -2.16. The van der Waals surface area contributed by atoms with E-state index in [0.29, 0.717) is 6.42 Å². The molecule has 114 valence electrons. The summed E-state index contributed by atoms with van der Waals surface area (Å²) in [4.78, 5) is 0.847. The van der Waals surface area contributed by atoms with E-state index in [1.165, 1.54) is 18.2 Å². The van der Waals surface area contributed by atoms with E-state index in [2.05, 4.69) is 0 Å². The van der Waals surface area contributed by atoms with Crippen LogP contribution >= 0.6 is 11.3 Å². The van der Waals surface area contributed by atoms with Crippen molar-refractivity contribution < 1.29 is 21.6 Å². The van der Waals surface area contributed by atoms with E-state index in [0.717, 1.165) is 28.3 Å². The van der Waals surface area contributed by atoms with Gasteiger partial charge in [-0.25, -0.2) is 8.42 Å². The standard InChI is InChI=1S/C13H12F3NO2S2/c1-2-9-7-8-12(20-9)21(18,19)17-11-6-4-3-5-10(11)13(14,15)16/h3-8,17H,2H2,1H3. The summed E-state index contributed by atoms with van der Waals surface area (Å²) in [5, 5.41) is 0. The van der Waals surface area contributed by atoms with E-state index >= 15 is 0 Å². The molecule has 0 radical (unpaired) electrons. The molecule has 2 rings (SSSR count). The fourth-order valence-electron chi connectivity index (χ4n) is 1.71. The van der Waals surface area contributed by atoms with Crippen molar-refractivity contribution in [2.75, 3.05) is 4.72 Å². The first-order valence-corrected chi connectivity index (χ1v) is 8.32. The predicted molar refractivity (Wildman–Crippen MR) is 75.9 cm³/mol. The van der Waals surface area contributed by atoms with Crippen LogP contribution in [0.5, 0.6) is 0 Å². The Morgan fingerprint density at radius 2 is 1.81 bits per heavy atom. The number of nitrogens with one attached hydrogen (secondary N) is 1. The number of halogens is 3. The molecule has 3 nitrogen and oxygen atoms in total. The van der Waals surface area contributed by atoms with Gasteiger partial charge in [-0.3, -0.25) is 4.72 Å². The Hall–Kier alpha value is -1.54. The number of thiophene rings is 1. The first-order chi connectivity index (χ1) is 9.74. The second-order valence-corrected chi connectivity index (χ2v) is 7.30. The molecule has 0 saturated carbocycles. The van der Waals surface area contributed by atoms with Crippen molar-refractivity contribution in [1.29, 1.82) is 0 Å². The zero-order valence-corrected chi connectivity index (χ0v) is 12.6. The summed E-state index contributed by atoms with van der Waals surface area (Å²) in [5.74, 6) is 0. The Kier molecular flexibility index (Phi) is 4.29. The lowest BCUT2D eigenvalue weighted by Gasteiger charge is -2.13. The SMILES string of the molecule is CCc1ccc(S(=O)(=O)Nc2ccccc2C(F)(F)F)s1. The second-order valence-electron chi connectivity index (χ2n) is 4.22. The molecule has 2 aromatic rings. The summed E-state index contributed by atoms with van der Waals surface area (Å²) in [6.45, 7) is 1.87. The highest BCUT2D eigenvalue weighted by Gasteiger charge is 2.34. The first kappa shape index (κ1) is 15.8. The molecule has 1 aromatic heterocycles. The molecule has 8 heteroatoms. The van der Waals surface area contributed by atoms with Gasteiger partial charge in [-0.05, 0) is 30.7 Å². The fourth-order valence-corrected chi connectivity index (χ4v) is 4.08. The molecule has 21 heavy (non-hydrogen) atoms. The molecule has 0 bridgehead atoms. The minimum atomic E-state index is -4.62. The monoisotopic (exact) mass is 335 g/mol. The van der Waals surface area contributed by atoms with Crippen molar-refractivity contribution in [2.24, 2.45) is 0 Å². The van der Waals surface area contributed by atoms with Crippen LogP contribution in [0.3, 0.4) is 0 Å². The molecule has 0 saturated heterocycles. The Bertz CT molecular complexity index is 736. The maximum atomic E-state index is 12.9. The zero-order valence-electron chi connectivity index (χ0n) is 10.9. The zero-order chi connectivity index (χ0) is 15.7. The van der Waals surface area contributed by atoms with Crippen molar-refractivity contribution >= 4 is 27.0 Å². The third-order valence-electron chi connectivity index (χ3n) is 2.73. The van der Waals surface area contributed by atoms with Gasteiger partial charge in [0.1, 0.15) is 4.21 Å². The van der Waals surface area contributed by atoms with Gasteiger partial charge in [0.2, 0.25) is 0 Å². The molecule has 0 atom stereocenters. The van der Waals surface area contributed by atoms with Crippen LogP contribution in [0.25, 0.3) is 0 Å². The third-order valence-corrected chi connectivity index (χ3v) is 5.81. The maximum Gasteiger partial charge on any atom is 0.418 e. The van der Waals surface area contributed by atoms with Crippen LogP contribution < -0.4 is 4.72 Å². The molecule has 0 aliphatic rings. The van der Waals surface area contributed by atoms with E-state index in [4.69, 9.17) is 0 Å². The van der Waals surface area contributed by atoms with E-state index in [1.807, 2.05) is 11.6 Å². The summed E-state index contributed by atoms with van der Waals surface area (Å²) in [5.41, 5.74) is -1.49. The largest absolute Gasteiger partial charge is 0.418 e. The van der Waals surface area contributed by atoms with Crippen LogP contribution in [0, 0.1) is 0 Å². The summed E-state index contributed by atoms with van der Waals surface area (Å²) in [7, 11) is -4.02. The lowest BCUT2D eigenvalue weighted by atomic mass is 10.2. The summed E-state index contributed by atoms with van der Waals surface area (Å²) in [6.07, 6.45) is -3.96. The molecular weight excluding hydrogens is 323 g/mol. The third kappa shape index (κ3) is 3.56. The molecule has 0 unspecified atom stereocenters. The number of hydrogen-bond donors (Lipinski definition) is 1. The van der Waals surface area contributed by atoms with Gasteiger partial charge in [0.25, 0.3) is 10.0 Å². The number of hydrogen-bond acceptors (Lipinski definition) is 3. The highest BCUT2D eigenvalue weighted by Crippen LogP contribution is 2.36. The topological polar surface area (TPSA) is 46.2 Å². The quantitative estimate of drug-likeness (QED) is 0.913. The van der Waals surface area contributed by atoms with Gasteiger partial charge < -0.3 is 0 Å². The number of rotatable bonds is 4. The van der Waals surface area contributed by atoms with Crippen LogP contribution in [-0.2, 0) is 22.6 Å². The van der Waals surface area contributed by atoms with Crippen molar-refractivity contribution in [2.45, 2.75) is 23.7 Å². The van der Waals surface area contributed by atoms with Crippen molar-refractivity contribution in [3.8, 4) is 0 Å². The second kappa shape index (κ2) is 5.69. The van der Waals surface area contributed by atoms with Gasteiger partial charge in [-0.15, -0.1) is 11.3 Å². The van der Waals surface area contributed by atoms with Crippen LogP contribution in [0.15, 0.2) is 40.6 Å². The summed E-state index contributed by atoms with van der Waals surface area (Å²) in [6, 6.07) is 7.52. The molecule has 0 spiro atoms. The number of alkyl halides is 3. The van der Waals surface area contributed by atoms with E-state index < -0.39 is 27.5 Å². The molecule has 1 heterocycles. The first-order valence-electron chi connectivity index (χ1n) is 6.02. The summed E-state index contributed by atoms with van der Waals surface area (Å²) >= 11 is 1.04. The minimum Gasteiger partial charge on any atom is -0.278 e. The Morgan fingerprint density at radius 1 is 1.14 bits per heavy atom. The number of benzene rings is 1. The van der Waals surface area contributed by atoms with Gasteiger partial charge in [0, 0.05) is 4.88 Å². The molecular formula is C13H12F3NO2S2. The maximum absolute atomic E-state index is 12.9. The van der Waals surface area contributed by atoms with Crippen LogP contribution in [0.4, 0.5) is 18.9 Å². The molecule has 1 aromatic carbocycles. The Balaban J connectivity index is 2.38. The Morgan fingerprint density at radius 3 is 2.38 bits per heavy atom. The predicted octanol–water partition coefficient (Wildman–Crippen LogP) is 4.13. The van der Waals surface area contributed by atoms with Crippen LogP contribution in [-0.4, -0.2) is 8.42 Å². The smallest absolute Gasteiger partial charge is 0.278 e. The van der Waals surface area contributed by atoms with E-state index in [-0.39, 0.29) is 4.21 Å². The lowest BCUT2D eigenvalue weighted by molar-refractivity contribution is -0.136. The average Bonchev–Trinajstić information content (AvgIpc) is 2.87. The van der Waals surface area contributed by atoms with Crippen molar-refractivity contribution in [3.63, 3.8) is 0 Å². The van der Waals surface area contributed by atoms with Crippen molar-refractivity contribution in [1.82, 2.24) is 0 Å². The number of sulfonamides is 1. The van der Waals surface area contributed by atoms with Gasteiger partial charge in [0.15, 0.2) is 0 Å². The summed E-state index contributed by atoms with van der Waals surface area (Å²) < 4.78 is 64.8. The minimum absolute atomic E-state index is 0.00340. The Labute approximate surface area is 124 Å². The van der Waals surface area contributed by atoms with Crippen LogP contribution in [0.1, 0.15) is 17.4 Å². The van der Waals surface area contributed by atoms with Gasteiger partial charge >= 0.3 is 6.18 Å². The normalized spacial score (nSPS) is 12.4. The van der Waals surface area contributed by atoms with Crippen molar-refractivity contribution in [3.05, 3.63) is 46.8 Å². The average molecular weight is 335 g/mol. The van der Waals surface area contributed by atoms with E-state index in [1.54, 1.807) is 6.07 Å². The fraction of sp³-hybridized carbons (Fsp3) is 0.231. The molecule has 0 amide bonds. The molecule has 0 aliphatic carbocycles. The number of aryl methyl sites for hydroxylation is 1. The van der Waals surface area contributed by atoms with Gasteiger partial charge in [-0.2, -0.15) is 13.2 Å². The molecule has 1 N–H and O–H groups in total. The highest BCUT2D eigenvalue weighted by molar-refractivity contribution is 7.94. The van der Waals surface area contributed by atoms with Gasteiger partial charge in [-0.1, -0.05) is 19.1 Å². The van der Waals surface area contributed by atoms with E-state index in [9.17, 15) is 21.6 Å². The number of para-hydroxylation sites is 1. The van der Waals surface area contributed by atoms with Crippen LogP contribution in [0.2, 0.25) is 0 Å². The number of anilines is 1. The molecule has 0 fully saturated rings.